The highest BCUT2D eigenvalue weighted by Gasteiger charge is 2.36. The monoisotopic (exact) mass is 489 g/mol. The first kappa shape index (κ1) is 22.4. The van der Waals surface area contributed by atoms with E-state index in [1.807, 2.05) is 54.8 Å². The predicted octanol–water partition coefficient (Wildman–Crippen LogP) is 5.74. The van der Waals surface area contributed by atoms with Gasteiger partial charge in [-0.25, -0.2) is 4.39 Å². The van der Waals surface area contributed by atoms with E-state index in [2.05, 4.69) is 10.1 Å². The molecule has 3 heterocycles. The number of benzene rings is 2. The SMILES string of the molecule is Cc1cc(/C=C2/C(=N)N3N=C(SCc4ccccc4)SC3=NC2=O)c(C)n1-c1ccc(F)cc1. The second kappa shape index (κ2) is 9.08. The molecule has 0 fully saturated rings. The number of amides is 1. The van der Waals surface area contributed by atoms with E-state index < -0.39 is 5.91 Å². The highest BCUT2D eigenvalue weighted by molar-refractivity contribution is 8.45. The van der Waals surface area contributed by atoms with E-state index >= 15 is 0 Å². The van der Waals surface area contributed by atoms with Crippen molar-refractivity contribution in [3.05, 3.63) is 94.6 Å². The number of aromatic nitrogens is 1. The van der Waals surface area contributed by atoms with E-state index in [1.54, 1.807) is 30.0 Å². The number of aryl methyl sites for hydroxylation is 1. The minimum Gasteiger partial charge on any atom is -0.318 e. The number of hydrazone groups is 1. The molecule has 0 atom stereocenters. The maximum Gasteiger partial charge on any atom is 0.283 e. The zero-order chi connectivity index (χ0) is 23.8. The van der Waals surface area contributed by atoms with Crippen molar-refractivity contribution in [1.29, 1.82) is 5.41 Å². The zero-order valence-electron chi connectivity index (χ0n) is 18.4. The van der Waals surface area contributed by atoms with Gasteiger partial charge >= 0.3 is 0 Å². The molecular formula is C25H20FN5OS2. The molecule has 9 heteroatoms. The minimum atomic E-state index is -0.458. The summed E-state index contributed by atoms with van der Waals surface area (Å²) in [5.41, 5.74) is 4.79. The average Bonchev–Trinajstić information content (AvgIpc) is 3.36. The summed E-state index contributed by atoms with van der Waals surface area (Å²) in [4.78, 5) is 17.0. The number of rotatable bonds is 4. The summed E-state index contributed by atoms with van der Waals surface area (Å²) in [6.45, 7) is 3.87. The molecule has 34 heavy (non-hydrogen) atoms. The number of nitrogens with one attached hydrogen (secondary N) is 1. The third kappa shape index (κ3) is 4.24. The van der Waals surface area contributed by atoms with Gasteiger partial charge in [0, 0.05) is 22.8 Å². The summed E-state index contributed by atoms with van der Waals surface area (Å²) in [6, 6.07) is 18.2. The maximum atomic E-state index is 13.4. The molecule has 1 N–H and O–H groups in total. The molecule has 6 nitrogen and oxygen atoms in total. The maximum absolute atomic E-state index is 13.4. The Labute approximate surface area is 204 Å². The van der Waals surface area contributed by atoms with Crippen LogP contribution in [0, 0.1) is 25.1 Å². The normalized spacial score (nSPS) is 16.7. The van der Waals surface area contributed by atoms with E-state index in [4.69, 9.17) is 5.41 Å². The Kier molecular flexibility index (Phi) is 5.97. The highest BCUT2D eigenvalue weighted by Crippen LogP contribution is 2.34. The molecule has 2 aliphatic heterocycles. The largest absolute Gasteiger partial charge is 0.318 e. The third-order valence-electron chi connectivity index (χ3n) is 5.50. The standard InChI is InChI=1S/C25H20FN5OS2/c1-15-12-18(16(2)30(15)20-10-8-19(26)9-11-20)13-21-22(27)31-24(28-23(21)32)34-25(29-31)33-14-17-6-4-3-5-7-17/h3-13,27H,14H2,1-2H3/b21-13-,27-22?. The topological polar surface area (TPSA) is 73.8 Å². The lowest BCUT2D eigenvalue weighted by molar-refractivity contribution is -0.114. The van der Waals surface area contributed by atoms with E-state index in [-0.39, 0.29) is 17.2 Å². The number of hydrogen-bond donors (Lipinski definition) is 1. The fourth-order valence-electron chi connectivity index (χ4n) is 3.83. The van der Waals surface area contributed by atoms with Crippen molar-refractivity contribution in [2.75, 3.05) is 0 Å². The highest BCUT2D eigenvalue weighted by atomic mass is 32.2. The number of halogens is 1. The molecule has 3 aromatic rings. The molecule has 0 saturated heterocycles. The molecule has 170 valence electrons. The number of carbonyl (C=O) groups is 1. The number of nitrogens with zero attached hydrogens (tertiary/aromatic N) is 4. The average molecular weight is 490 g/mol. The molecule has 1 aromatic heterocycles. The Hall–Kier alpha value is -3.43. The molecule has 0 radical (unpaired) electrons. The van der Waals surface area contributed by atoms with Crippen LogP contribution in [0.15, 0.2) is 76.3 Å². The van der Waals surface area contributed by atoms with Crippen LogP contribution in [0.2, 0.25) is 0 Å². The van der Waals surface area contributed by atoms with Crippen molar-refractivity contribution >= 4 is 50.9 Å². The second-order valence-electron chi connectivity index (χ2n) is 7.80. The first-order valence-corrected chi connectivity index (χ1v) is 12.3. The molecular weight excluding hydrogens is 469 g/mol. The molecule has 5 rings (SSSR count). The molecule has 0 bridgehead atoms. The molecule has 0 aliphatic carbocycles. The number of thioether (sulfide) groups is 2. The smallest absolute Gasteiger partial charge is 0.283 e. The quantitative estimate of drug-likeness (QED) is 0.474. The van der Waals surface area contributed by atoms with Gasteiger partial charge in [0.15, 0.2) is 10.2 Å². The first-order chi connectivity index (χ1) is 16.4. The van der Waals surface area contributed by atoms with Crippen LogP contribution in [0.1, 0.15) is 22.5 Å². The van der Waals surface area contributed by atoms with Crippen LogP contribution >= 0.6 is 23.5 Å². The van der Waals surface area contributed by atoms with Crippen LogP contribution in [0.25, 0.3) is 11.8 Å². The van der Waals surface area contributed by atoms with Crippen molar-refractivity contribution in [2.24, 2.45) is 10.1 Å². The van der Waals surface area contributed by atoms with Gasteiger partial charge in [0.2, 0.25) is 5.17 Å². The van der Waals surface area contributed by atoms with Crippen LogP contribution in [-0.2, 0) is 10.5 Å². The molecule has 2 aromatic carbocycles. The van der Waals surface area contributed by atoms with Crippen molar-refractivity contribution in [2.45, 2.75) is 19.6 Å². The van der Waals surface area contributed by atoms with Gasteiger partial charge in [-0.15, -0.1) is 5.10 Å². The Morgan fingerprint density at radius 3 is 2.59 bits per heavy atom. The van der Waals surface area contributed by atoms with Gasteiger partial charge < -0.3 is 4.57 Å². The summed E-state index contributed by atoms with van der Waals surface area (Å²) < 4.78 is 16.1. The lowest BCUT2D eigenvalue weighted by Gasteiger charge is -2.20. The van der Waals surface area contributed by atoms with Crippen LogP contribution in [0.3, 0.4) is 0 Å². The molecule has 2 aliphatic rings. The van der Waals surface area contributed by atoms with E-state index in [0.29, 0.717) is 5.17 Å². The van der Waals surface area contributed by atoms with Crippen LogP contribution in [0.4, 0.5) is 4.39 Å². The Morgan fingerprint density at radius 1 is 1.12 bits per heavy atom. The lowest BCUT2D eigenvalue weighted by atomic mass is 10.1. The summed E-state index contributed by atoms with van der Waals surface area (Å²) in [6.07, 6.45) is 1.68. The van der Waals surface area contributed by atoms with Crippen molar-refractivity contribution in [3.63, 3.8) is 0 Å². The zero-order valence-corrected chi connectivity index (χ0v) is 20.1. The van der Waals surface area contributed by atoms with Crippen molar-refractivity contribution < 1.29 is 9.18 Å². The Balaban J connectivity index is 1.41. The molecule has 1 amide bonds. The molecule has 0 spiro atoms. The summed E-state index contributed by atoms with van der Waals surface area (Å²) in [7, 11) is 0. The first-order valence-electron chi connectivity index (χ1n) is 10.5. The Bertz CT molecular complexity index is 1390. The summed E-state index contributed by atoms with van der Waals surface area (Å²) in [5, 5.41) is 15.0. The van der Waals surface area contributed by atoms with Crippen LogP contribution < -0.4 is 0 Å². The van der Waals surface area contributed by atoms with Crippen molar-refractivity contribution in [3.8, 4) is 5.69 Å². The number of aliphatic imine (C=N–C) groups is 1. The number of hydrogen-bond acceptors (Lipinski definition) is 5. The third-order valence-corrected chi connectivity index (χ3v) is 7.61. The van der Waals surface area contributed by atoms with Gasteiger partial charge in [0.05, 0.1) is 5.57 Å². The van der Waals surface area contributed by atoms with Gasteiger partial charge in [0.1, 0.15) is 5.82 Å². The summed E-state index contributed by atoms with van der Waals surface area (Å²) in [5.74, 6) is -0.00861. The summed E-state index contributed by atoms with van der Waals surface area (Å²) >= 11 is 2.85. The number of amidine groups is 2. The number of carbonyl (C=O) groups excluding carboxylic acids is 1. The van der Waals surface area contributed by atoms with E-state index in [9.17, 15) is 9.18 Å². The van der Waals surface area contributed by atoms with Crippen LogP contribution in [-0.4, -0.2) is 30.9 Å². The van der Waals surface area contributed by atoms with Gasteiger partial charge in [-0.1, -0.05) is 42.1 Å². The minimum absolute atomic E-state index is 0.00407. The molecule has 0 unspecified atom stereocenters. The van der Waals surface area contributed by atoms with Crippen molar-refractivity contribution in [1.82, 2.24) is 9.58 Å². The van der Waals surface area contributed by atoms with Gasteiger partial charge in [0.25, 0.3) is 5.91 Å². The lowest BCUT2D eigenvalue weighted by Crippen LogP contribution is -2.35. The van der Waals surface area contributed by atoms with E-state index in [0.717, 1.165) is 32.8 Å². The van der Waals surface area contributed by atoms with Gasteiger partial charge in [-0.3, -0.25) is 10.2 Å². The van der Waals surface area contributed by atoms with Gasteiger partial charge in [-0.2, -0.15) is 10.0 Å². The van der Waals surface area contributed by atoms with E-state index in [1.165, 1.54) is 34.5 Å². The van der Waals surface area contributed by atoms with Crippen LogP contribution in [0.5, 0.6) is 0 Å². The fraction of sp³-hybridized carbons (Fsp3) is 0.120. The second-order valence-corrected chi connectivity index (χ2v) is 9.98. The van der Waals surface area contributed by atoms with Gasteiger partial charge in [-0.05, 0) is 73.1 Å². The molecule has 0 saturated carbocycles. The number of fused-ring (bicyclic) bond motifs is 1. The fourth-order valence-corrected chi connectivity index (χ4v) is 5.71. The Morgan fingerprint density at radius 2 is 1.85 bits per heavy atom. The predicted molar refractivity (Wildman–Crippen MR) is 138 cm³/mol.